The third-order valence-corrected chi connectivity index (χ3v) is 7.68. The summed E-state index contributed by atoms with van der Waals surface area (Å²) in [6.45, 7) is 9.23. The van der Waals surface area contributed by atoms with Crippen LogP contribution in [0.1, 0.15) is 72.2 Å². The highest BCUT2D eigenvalue weighted by Crippen LogP contribution is 2.34. The molecule has 1 heterocycles. The van der Waals surface area contributed by atoms with Crippen molar-refractivity contribution < 1.29 is 32.3 Å². The molecule has 0 unspecified atom stereocenters. The molecule has 0 fully saturated rings. The lowest BCUT2D eigenvalue weighted by Crippen LogP contribution is -2.41. The SMILES string of the molecule is Cc1ccc(-c2cc(C)c(F)c([C@H](CC(=O)O)NC(=O)[C@H](CC(C)C)n3cc(CCN(C)C)c(C(F)(F)F)cc3=O)c2)c(C)c1. The molecule has 3 rings (SSSR count). The fraction of sp³-hybridized carbons (Fsp3) is 0.441. The second kappa shape index (κ2) is 14.4. The molecule has 2 atom stereocenters. The molecule has 2 aromatic carbocycles. The fourth-order valence-electron chi connectivity index (χ4n) is 5.46. The molecule has 0 aliphatic heterocycles. The summed E-state index contributed by atoms with van der Waals surface area (Å²) in [5.74, 6) is -2.96. The molecule has 45 heavy (non-hydrogen) atoms. The number of alkyl halides is 3. The number of aryl methyl sites for hydroxylation is 3. The molecule has 0 bridgehead atoms. The van der Waals surface area contributed by atoms with Crippen LogP contribution in [0.4, 0.5) is 17.6 Å². The highest BCUT2D eigenvalue weighted by Gasteiger charge is 2.36. The van der Waals surface area contributed by atoms with Gasteiger partial charge in [-0.25, -0.2) is 4.39 Å². The minimum atomic E-state index is -4.78. The Kier molecular flexibility index (Phi) is 11.4. The lowest BCUT2D eigenvalue weighted by Gasteiger charge is -2.27. The van der Waals surface area contributed by atoms with E-state index in [4.69, 9.17) is 0 Å². The van der Waals surface area contributed by atoms with Crippen molar-refractivity contribution in [3.8, 4) is 11.1 Å². The smallest absolute Gasteiger partial charge is 0.416 e. The zero-order chi connectivity index (χ0) is 33.8. The number of pyridine rings is 1. The van der Waals surface area contributed by atoms with Crippen LogP contribution in [0.15, 0.2) is 47.4 Å². The Morgan fingerprint density at radius 3 is 2.24 bits per heavy atom. The van der Waals surface area contributed by atoms with Gasteiger partial charge in [-0.1, -0.05) is 37.6 Å². The van der Waals surface area contributed by atoms with E-state index in [1.165, 1.54) is 6.07 Å². The normalized spacial score (nSPS) is 13.3. The molecule has 2 N–H and O–H groups in total. The number of nitrogens with zero attached hydrogens (tertiary/aromatic N) is 2. The average Bonchev–Trinajstić information content (AvgIpc) is 2.91. The Balaban J connectivity index is 2.13. The van der Waals surface area contributed by atoms with Gasteiger partial charge < -0.3 is 19.9 Å². The molecule has 244 valence electrons. The summed E-state index contributed by atoms with van der Waals surface area (Å²) in [6.07, 6.45) is -4.34. The van der Waals surface area contributed by atoms with Crippen molar-refractivity contribution in [2.24, 2.45) is 5.92 Å². The molecular weight excluding hydrogens is 590 g/mol. The molecule has 1 aromatic heterocycles. The highest BCUT2D eigenvalue weighted by molar-refractivity contribution is 5.82. The summed E-state index contributed by atoms with van der Waals surface area (Å²) in [5, 5.41) is 12.4. The van der Waals surface area contributed by atoms with Gasteiger partial charge in [-0.2, -0.15) is 13.2 Å². The zero-order valence-electron chi connectivity index (χ0n) is 26.7. The van der Waals surface area contributed by atoms with E-state index in [9.17, 15) is 32.7 Å². The number of rotatable bonds is 12. The predicted octanol–water partition coefficient (Wildman–Crippen LogP) is 6.62. The van der Waals surface area contributed by atoms with Crippen LogP contribution in [0.25, 0.3) is 11.1 Å². The van der Waals surface area contributed by atoms with E-state index < -0.39 is 53.5 Å². The second-order valence-electron chi connectivity index (χ2n) is 12.3. The van der Waals surface area contributed by atoms with Crippen LogP contribution in [-0.2, 0) is 22.2 Å². The number of amides is 1. The van der Waals surface area contributed by atoms with Gasteiger partial charge in [0.15, 0.2) is 0 Å². The number of nitrogens with one attached hydrogen (secondary N) is 1. The first kappa shape index (κ1) is 35.5. The number of halogens is 4. The minimum Gasteiger partial charge on any atom is -0.481 e. The molecule has 0 aliphatic rings. The van der Waals surface area contributed by atoms with Crippen LogP contribution in [0.3, 0.4) is 0 Å². The first-order valence-corrected chi connectivity index (χ1v) is 14.8. The maximum absolute atomic E-state index is 15.7. The number of carbonyl (C=O) groups is 2. The van der Waals surface area contributed by atoms with E-state index in [1.54, 1.807) is 45.8 Å². The molecule has 0 saturated heterocycles. The van der Waals surface area contributed by atoms with Gasteiger partial charge in [0, 0.05) is 24.4 Å². The summed E-state index contributed by atoms with van der Waals surface area (Å²) >= 11 is 0. The third-order valence-electron chi connectivity index (χ3n) is 7.68. The van der Waals surface area contributed by atoms with Crippen LogP contribution in [0.2, 0.25) is 0 Å². The quantitative estimate of drug-likeness (QED) is 0.219. The monoisotopic (exact) mass is 631 g/mol. The summed E-state index contributed by atoms with van der Waals surface area (Å²) in [4.78, 5) is 40.6. The summed E-state index contributed by atoms with van der Waals surface area (Å²) in [6, 6.07) is 6.81. The van der Waals surface area contributed by atoms with Gasteiger partial charge in [0.2, 0.25) is 5.91 Å². The zero-order valence-corrected chi connectivity index (χ0v) is 26.7. The Bertz CT molecular complexity index is 1610. The Morgan fingerprint density at radius 2 is 1.69 bits per heavy atom. The number of benzene rings is 2. The maximum Gasteiger partial charge on any atom is 0.416 e. The average molecular weight is 632 g/mol. The lowest BCUT2D eigenvalue weighted by molar-refractivity contribution is -0.139. The van der Waals surface area contributed by atoms with Crippen LogP contribution in [0.5, 0.6) is 0 Å². The van der Waals surface area contributed by atoms with Gasteiger partial charge in [-0.3, -0.25) is 14.4 Å². The van der Waals surface area contributed by atoms with Gasteiger partial charge >= 0.3 is 12.1 Å². The Morgan fingerprint density at radius 1 is 1.02 bits per heavy atom. The van der Waals surface area contributed by atoms with E-state index in [-0.39, 0.29) is 42.0 Å². The third kappa shape index (κ3) is 9.03. The standard InChI is InChI=1S/C34H41F4N3O4/c1-19(2)12-29(41-18-23(10-11-40(6)7)27(16-30(41)42)34(36,37)38)33(45)39-28(17-31(43)44)26-15-24(14-22(5)32(26)35)25-9-8-20(3)13-21(25)4/h8-9,13-16,18-19,28-29H,10-12,17H2,1-7H3,(H,39,45)(H,43,44)/t28-,29-/m0/s1. The van der Waals surface area contributed by atoms with Crippen molar-refractivity contribution in [1.82, 2.24) is 14.8 Å². The first-order valence-electron chi connectivity index (χ1n) is 14.8. The molecule has 1 amide bonds. The Labute approximate surface area is 260 Å². The van der Waals surface area contributed by atoms with Crippen molar-refractivity contribution >= 4 is 11.9 Å². The van der Waals surface area contributed by atoms with E-state index >= 15 is 4.39 Å². The highest BCUT2D eigenvalue weighted by atomic mass is 19.4. The summed E-state index contributed by atoms with van der Waals surface area (Å²) in [7, 11) is 3.41. The second-order valence-corrected chi connectivity index (χ2v) is 12.3. The van der Waals surface area contributed by atoms with Crippen LogP contribution < -0.4 is 10.9 Å². The maximum atomic E-state index is 15.7. The molecule has 0 radical (unpaired) electrons. The topological polar surface area (TPSA) is 91.6 Å². The predicted molar refractivity (Wildman–Crippen MR) is 166 cm³/mol. The molecule has 3 aromatic rings. The first-order chi connectivity index (χ1) is 20.9. The van der Waals surface area contributed by atoms with Gasteiger partial charge in [-0.05, 0) is 93.6 Å². The molecule has 0 spiro atoms. The molecule has 0 aliphatic carbocycles. The van der Waals surface area contributed by atoms with E-state index in [0.29, 0.717) is 11.6 Å². The van der Waals surface area contributed by atoms with E-state index in [2.05, 4.69) is 5.32 Å². The van der Waals surface area contributed by atoms with Crippen molar-refractivity contribution in [2.45, 2.75) is 72.1 Å². The lowest BCUT2D eigenvalue weighted by atomic mass is 9.92. The van der Waals surface area contributed by atoms with Gasteiger partial charge in [-0.15, -0.1) is 0 Å². The van der Waals surface area contributed by atoms with E-state index in [1.807, 2.05) is 32.0 Å². The number of hydrogen-bond donors (Lipinski definition) is 2. The number of likely N-dealkylation sites (N-methyl/N-ethyl adjacent to an activating group) is 1. The molecule has 11 heteroatoms. The molecule has 7 nitrogen and oxygen atoms in total. The van der Waals surface area contributed by atoms with Gasteiger partial charge in [0.05, 0.1) is 18.0 Å². The fourth-order valence-corrected chi connectivity index (χ4v) is 5.46. The van der Waals surface area contributed by atoms with Crippen molar-refractivity contribution in [3.05, 3.63) is 92.1 Å². The summed E-state index contributed by atoms with van der Waals surface area (Å²) < 4.78 is 58.3. The number of carboxylic acid groups (broad SMARTS) is 1. The van der Waals surface area contributed by atoms with Crippen molar-refractivity contribution in [3.63, 3.8) is 0 Å². The molecular formula is C34H41F4N3O4. The van der Waals surface area contributed by atoms with E-state index in [0.717, 1.165) is 27.5 Å². The number of carboxylic acids is 1. The summed E-state index contributed by atoms with van der Waals surface area (Å²) in [5.41, 5.74) is 1.36. The largest absolute Gasteiger partial charge is 0.481 e. The minimum absolute atomic E-state index is 0.0323. The number of carbonyl (C=O) groups excluding carboxylic acids is 1. The number of aliphatic carboxylic acids is 1. The van der Waals surface area contributed by atoms with Crippen LogP contribution in [-0.4, -0.2) is 47.1 Å². The van der Waals surface area contributed by atoms with Gasteiger partial charge in [0.1, 0.15) is 11.9 Å². The van der Waals surface area contributed by atoms with Crippen LogP contribution >= 0.6 is 0 Å². The van der Waals surface area contributed by atoms with Crippen LogP contribution in [0, 0.1) is 32.5 Å². The Hall–Kier alpha value is -3.99. The van der Waals surface area contributed by atoms with Crippen molar-refractivity contribution in [1.29, 1.82) is 0 Å². The number of aromatic nitrogens is 1. The molecule has 0 saturated carbocycles. The van der Waals surface area contributed by atoms with Gasteiger partial charge in [0.25, 0.3) is 5.56 Å². The number of hydrogen-bond acceptors (Lipinski definition) is 4. The van der Waals surface area contributed by atoms with Crippen molar-refractivity contribution in [2.75, 3.05) is 20.6 Å².